The molecule has 0 aromatic heterocycles. The molecule has 0 bridgehead atoms. The molecule has 1 atom stereocenters. The molecule has 0 saturated heterocycles. The molecule has 4 N–H and O–H groups in total. The first-order chi connectivity index (χ1) is 6.72. The lowest BCUT2D eigenvalue weighted by molar-refractivity contribution is 0.574. The van der Waals surface area contributed by atoms with E-state index in [0.717, 1.165) is 18.5 Å². The van der Waals surface area contributed by atoms with E-state index in [1.165, 1.54) is 18.4 Å². The van der Waals surface area contributed by atoms with Crippen LogP contribution in [0.5, 0.6) is 0 Å². The van der Waals surface area contributed by atoms with Gasteiger partial charge < -0.3 is 11.5 Å². The third-order valence-corrected chi connectivity index (χ3v) is 2.41. The standard InChI is InChI=1S/C12H20N2/c1-2-3-4-12(14)9-10-5-7-11(13)8-6-10/h5-8,12H,2-4,9,13-14H2,1H3. The predicted molar refractivity (Wildman–Crippen MR) is 62.1 cm³/mol. The van der Waals surface area contributed by atoms with Crippen molar-refractivity contribution in [2.45, 2.75) is 38.6 Å². The third kappa shape index (κ3) is 3.79. The van der Waals surface area contributed by atoms with Crippen LogP contribution in [0.15, 0.2) is 24.3 Å². The van der Waals surface area contributed by atoms with E-state index in [0.29, 0.717) is 6.04 Å². The van der Waals surface area contributed by atoms with Crippen LogP contribution in [0.25, 0.3) is 0 Å². The van der Waals surface area contributed by atoms with Crippen molar-refractivity contribution in [1.29, 1.82) is 0 Å². The number of nitrogens with two attached hydrogens (primary N) is 2. The Morgan fingerprint density at radius 1 is 1.21 bits per heavy atom. The molecule has 0 spiro atoms. The zero-order valence-electron chi connectivity index (χ0n) is 8.87. The molecule has 0 fully saturated rings. The molecule has 0 saturated carbocycles. The summed E-state index contributed by atoms with van der Waals surface area (Å²) in [4.78, 5) is 0. The van der Waals surface area contributed by atoms with Gasteiger partial charge in [-0.25, -0.2) is 0 Å². The Morgan fingerprint density at radius 2 is 1.86 bits per heavy atom. The van der Waals surface area contributed by atoms with Gasteiger partial charge in [0, 0.05) is 11.7 Å². The molecule has 2 heteroatoms. The van der Waals surface area contributed by atoms with E-state index in [1.807, 2.05) is 12.1 Å². The molecule has 0 aliphatic rings. The molecule has 1 unspecified atom stereocenters. The van der Waals surface area contributed by atoms with Gasteiger partial charge in [-0.3, -0.25) is 0 Å². The van der Waals surface area contributed by atoms with Gasteiger partial charge in [-0.1, -0.05) is 31.9 Å². The van der Waals surface area contributed by atoms with Crippen LogP contribution in [0.1, 0.15) is 31.7 Å². The largest absolute Gasteiger partial charge is 0.399 e. The van der Waals surface area contributed by atoms with Crippen molar-refractivity contribution in [3.8, 4) is 0 Å². The van der Waals surface area contributed by atoms with Gasteiger partial charge in [0.15, 0.2) is 0 Å². The zero-order valence-corrected chi connectivity index (χ0v) is 8.87. The topological polar surface area (TPSA) is 52.0 Å². The van der Waals surface area contributed by atoms with Crippen LogP contribution in [-0.2, 0) is 6.42 Å². The first kappa shape index (κ1) is 11.1. The average Bonchev–Trinajstić information content (AvgIpc) is 2.18. The van der Waals surface area contributed by atoms with Crippen molar-refractivity contribution in [1.82, 2.24) is 0 Å². The molecule has 14 heavy (non-hydrogen) atoms. The minimum atomic E-state index is 0.290. The van der Waals surface area contributed by atoms with E-state index in [4.69, 9.17) is 11.5 Å². The van der Waals surface area contributed by atoms with E-state index in [1.54, 1.807) is 0 Å². The monoisotopic (exact) mass is 192 g/mol. The number of hydrogen-bond acceptors (Lipinski definition) is 2. The van der Waals surface area contributed by atoms with Crippen molar-refractivity contribution in [3.05, 3.63) is 29.8 Å². The Hall–Kier alpha value is -1.02. The molecule has 0 aliphatic carbocycles. The highest BCUT2D eigenvalue weighted by Gasteiger charge is 2.02. The lowest BCUT2D eigenvalue weighted by Crippen LogP contribution is -2.22. The van der Waals surface area contributed by atoms with Crippen LogP contribution < -0.4 is 11.5 Å². The third-order valence-electron chi connectivity index (χ3n) is 2.41. The number of nitrogen functional groups attached to an aromatic ring is 1. The minimum Gasteiger partial charge on any atom is -0.399 e. The molecule has 78 valence electrons. The van der Waals surface area contributed by atoms with Crippen LogP contribution in [0.3, 0.4) is 0 Å². The Kier molecular flexibility index (Phi) is 4.47. The quantitative estimate of drug-likeness (QED) is 0.703. The highest BCUT2D eigenvalue weighted by molar-refractivity contribution is 5.39. The Morgan fingerprint density at radius 3 is 2.43 bits per heavy atom. The molecule has 0 radical (unpaired) electrons. The molecule has 0 aliphatic heterocycles. The number of benzene rings is 1. The predicted octanol–water partition coefficient (Wildman–Crippen LogP) is 2.33. The van der Waals surface area contributed by atoms with Gasteiger partial charge in [0.25, 0.3) is 0 Å². The normalized spacial score (nSPS) is 12.7. The smallest absolute Gasteiger partial charge is 0.0314 e. The van der Waals surface area contributed by atoms with Crippen molar-refractivity contribution < 1.29 is 0 Å². The zero-order chi connectivity index (χ0) is 10.4. The van der Waals surface area contributed by atoms with Crippen LogP contribution >= 0.6 is 0 Å². The van der Waals surface area contributed by atoms with E-state index in [-0.39, 0.29) is 0 Å². The average molecular weight is 192 g/mol. The number of unbranched alkanes of at least 4 members (excludes halogenated alkanes) is 1. The van der Waals surface area contributed by atoms with Crippen LogP contribution in [0, 0.1) is 0 Å². The van der Waals surface area contributed by atoms with Crippen molar-refractivity contribution >= 4 is 5.69 Å². The summed E-state index contributed by atoms with van der Waals surface area (Å²) in [7, 11) is 0. The van der Waals surface area contributed by atoms with Gasteiger partial charge in [-0.15, -0.1) is 0 Å². The van der Waals surface area contributed by atoms with Gasteiger partial charge in [-0.2, -0.15) is 0 Å². The second-order valence-corrected chi connectivity index (χ2v) is 3.85. The number of hydrogen-bond donors (Lipinski definition) is 2. The fraction of sp³-hybridized carbons (Fsp3) is 0.500. The molecular formula is C12H20N2. The van der Waals surface area contributed by atoms with Gasteiger partial charge >= 0.3 is 0 Å². The lowest BCUT2D eigenvalue weighted by Gasteiger charge is -2.10. The maximum Gasteiger partial charge on any atom is 0.0314 e. The molecule has 1 aromatic carbocycles. The molecule has 0 amide bonds. The number of rotatable bonds is 5. The first-order valence-corrected chi connectivity index (χ1v) is 5.32. The summed E-state index contributed by atoms with van der Waals surface area (Å²) in [5.41, 5.74) is 13.7. The fourth-order valence-electron chi connectivity index (χ4n) is 1.52. The molecule has 0 heterocycles. The van der Waals surface area contributed by atoms with Gasteiger partial charge in [-0.05, 0) is 30.5 Å². The van der Waals surface area contributed by atoms with Crippen LogP contribution in [0.2, 0.25) is 0 Å². The highest BCUT2D eigenvalue weighted by atomic mass is 14.6. The van der Waals surface area contributed by atoms with Gasteiger partial charge in [0.2, 0.25) is 0 Å². The van der Waals surface area contributed by atoms with Crippen molar-refractivity contribution in [2.75, 3.05) is 5.73 Å². The van der Waals surface area contributed by atoms with E-state index in [2.05, 4.69) is 19.1 Å². The summed E-state index contributed by atoms with van der Waals surface area (Å²) in [5.74, 6) is 0. The summed E-state index contributed by atoms with van der Waals surface area (Å²) >= 11 is 0. The fourth-order valence-corrected chi connectivity index (χ4v) is 1.52. The minimum absolute atomic E-state index is 0.290. The highest BCUT2D eigenvalue weighted by Crippen LogP contribution is 2.09. The summed E-state index contributed by atoms with van der Waals surface area (Å²) in [5, 5.41) is 0. The van der Waals surface area contributed by atoms with Crippen LogP contribution in [-0.4, -0.2) is 6.04 Å². The second-order valence-electron chi connectivity index (χ2n) is 3.85. The SMILES string of the molecule is CCCCC(N)Cc1ccc(N)cc1. The molecule has 1 aromatic rings. The Bertz CT molecular complexity index is 254. The van der Waals surface area contributed by atoms with E-state index < -0.39 is 0 Å². The maximum atomic E-state index is 6.00. The summed E-state index contributed by atoms with van der Waals surface area (Å²) in [6.45, 7) is 2.19. The first-order valence-electron chi connectivity index (χ1n) is 5.32. The van der Waals surface area contributed by atoms with Crippen molar-refractivity contribution in [3.63, 3.8) is 0 Å². The Labute approximate surface area is 86.3 Å². The van der Waals surface area contributed by atoms with Gasteiger partial charge in [0.1, 0.15) is 0 Å². The Balaban J connectivity index is 2.39. The van der Waals surface area contributed by atoms with E-state index in [9.17, 15) is 0 Å². The van der Waals surface area contributed by atoms with Crippen LogP contribution in [0.4, 0.5) is 5.69 Å². The van der Waals surface area contributed by atoms with E-state index >= 15 is 0 Å². The lowest BCUT2D eigenvalue weighted by atomic mass is 10.0. The molecular weight excluding hydrogens is 172 g/mol. The molecule has 1 rings (SSSR count). The second kappa shape index (κ2) is 5.66. The summed E-state index contributed by atoms with van der Waals surface area (Å²) < 4.78 is 0. The maximum absolute atomic E-state index is 6.00. The molecule has 2 nitrogen and oxygen atoms in total. The summed E-state index contributed by atoms with van der Waals surface area (Å²) in [6, 6.07) is 8.27. The van der Waals surface area contributed by atoms with Gasteiger partial charge in [0.05, 0.1) is 0 Å². The summed E-state index contributed by atoms with van der Waals surface area (Å²) in [6.07, 6.45) is 4.51. The number of anilines is 1. The van der Waals surface area contributed by atoms with Crippen molar-refractivity contribution in [2.24, 2.45) is 5.73 Å².